The number of carbonyl (C=O) groups excluding carboxylic acids is 2. The molecule has 0 saturated carbocycles. The van der Waals surface area contributed by atoms with Gasteiger partial charge in [-0.1, -0.05) is 0 Å². The van der Waals surface area contributed by atoms with Gasteiger partial charge in [0, 0.05) is 6.07 Å². The summed E-state index contributed by atoms with van der Waals surface area (Å²) in [6, 6.07) is 7.01. The summed E-state index contributed by atoms with van der Waals surface area (Å²) < 4.78 is 5.15. The molecule has 2 heterocycles. The fourth-order valence-corrected chi connectivity index (χ4v) is 2.78. The van der Waals surface area contributed by atoms with Crippen molar-refractivity contribution in [2.24, 2.45) is 0 Å². The maximum atomic E-state index is 12.0. The van der Waals surface area contributed by atoms with Crippen molar-refractivity contribution < 1.29 is 14.3 Å². The second-order valence-electron chi connectivity index (χ2n) is 4.24. The number of hydrogen-bond acceptors (Lipinski definition) is 4. The van der Waals surface area contributed by atoms with Crippen molar-refractivity contribution in [3.63, 3.8) is 0 Å². The molecule has 0 unspecified atom stereocenters. The Morgan fingerprint density at radius 2 is 2.11 bits per heavy atom. The van der Waals surface area contributed by atoms with Gasteiger partial charge in [-0.15, -0.1) is 0 Å². The Morgan fingerprint density at radius 1 is 1.26 bits per heavy atom. The van der Waals surface area contributed by atoms with Gasteiger partial charge in [0.15, 0.2) is 0 Å². The molecular formula is C14H11NO3S. The smallest absolute Gasteiger partial charge is 0.299 e. The molecule has 0 saturated heterocycles. The summed E-state index contributed by atoms with van der Waals surface area (Å²) in [5.74, 6) is -0.293. The Hall–Kier alpha value is -2.14. The Bertz CT molecular complexity index is 649. The molecule has 0 bridgehead atoms. The molecule has 0 fully saturated rings. The fraction of sp³-hybridized carbons (Fsp3) is 0.143. The van der Waals surface area contributed by atoms with Gasteiger partial charge in [0.1, 0.15) is 5.75 Å². The van der Waals surface area contributed by atoms with Crippen LogP contribution in [0, 0.1) is 0 Å². The molecule has 2 aromatic rings. The number of ether oxygens (including phenoxy) is 1. The molecule has 1 aromatic carbocycles. The first-order valence-electron chi connectivity index (χ1n) is 5.76. The molecule has 0 radical (unpaired) electrons. The molecule has 96 valence electrons. The van der Waals surface area contributed by atoms with E-state index in [0.29, 0.717) is 23.5 Å². The van der Waals surface area contributed by atoms with E-state index in [2.05, 4.69) is 0 Å². The molecule has 3 rings (SSSR count). The van der Waals surface area contributed by atoms with Gasteiger partial charge in [-0.05, 0) is 34.5 Å². The van der Waals surface area contributed by atoms with Crippen molar-refractivity contribution in [1.29, 1.82) is 0 Å². The molecule has 5 heteroatoms. The van der Waals surface area contributed by atoms with E-state index in [1.54, 1.807) is 36.6 Å². The molecule has 4 nitrogen and oxygen atoms in total. The zero-order valence-corrected chi connectivity index (χ0v) is 11.1. The summed E-state index contributed by atoms with van der Waals surface area (Å²) in [5.41, 5.74) is 2.09. The lowest BCUT2D eigenvalue weighted by Gasteiger charge is -2.16. The van der Waals surface area contributed by atoms with Gasteiger partial charge in [0.25, 0.3) is 11.7 Å². The van der Waals surface area contributed by atoms with Crippen molar-refractivity contribution in [2.75, 3.05) is 12.0 Å². The first kappa shape index (κ1) is 11.9. The summed E-state index contributed by atoms with van der Waals surface area (Å²) in [6.45, 7) is 0.411. The summed E-state index contributed by atoms with van der Waals surface area (Å²) >= 11 is 1.57. The van der Waals surface area contributed by atoms with Crippen LogP contribution in [0.5, 0.6) is 5.75 Å². The van der Waals surface area contributed by atoms with Crippen molar-refractivity contribution in [3.8, 4) is 5.75 Å². The van der Waals surface area contributed by atoms with Crippen molar-refractivity contribution in [3.05, 3.63) is 46.2 Å². The highest BCUT2D eigenvalue weighted by atomic mass is 32.1. The average molecular weight is 273 g/mol. The van der Waals surface area contributed by atoms with E-state index in [9.17, 15) is 9.59 Å². The third-order valence-corrected chi connectivity index (χ3v) is 3.83. The van der Waals surface area contributed by atoms with E-state index in [0.717, 1.165) is 5.56 Å². The quantitative estimate of drug-likeness (QED) is 0.807. The van der Waals surface area contributed by atoms with Crippen LogP contribution in [-0.2, 0) is 11.3 Å². The Morgan fingerprint density at radius 3 is 2.79 bits per heavy atom. The SMILES string of the molecule is COc1ccc2c(c1)N(Cc1ccsc1)C(=O)C2=O. The maximum absolute atomic E-state index is 12.0. The van der Waals surface area contributed by atoms with Gasteiger partial charge in [-0.3, -0.25) is 9.59 Å². The van der Waals surface area contributed by atoms with Crippen molar-refractivity contribution in [2.45, 2.75) is 6.54 Å². The van der Waals surface area contributed by atoms with Crippen LogP contribution >= 0.6 is 11.3 Å². The second-order valence-corrected chi connectivity index (χ2v) is 5.02. The standard InChI is InChI=1S/C14H11NO3S/c1-18-10-2-3-11-12(6-10)15(14(17)13(11)16)7-9-4-5-19-8-9/h2-6,8H,7H2,1H3. The minimum atomic E-state index is -0.477. The first-order chi connectivity index (χ1) is 9.20. The zero-order chi connectivity index (χ0) is 13.4. The number of hydrogen-bond donors (Lipinski definition) is 0. The van der Waals surface area contributed by atoms with Crippen LogP contribution in [0.15, 0.2) is 35.0 Å². The number of nitrogens with zero attached hydrogens (tertiary/aromatic N) is 1. The lowest BCUT2D eigenvalue weighted by atomic mass is 10.1. The summed E-state index contributed by atoms with van der Waals surface area (Å²) in [5, 5.41) is 3.92. The Balaban J connectivity index is 2.02. The van der Waals surface area contributed by atoms with E-state index in [4.69, 9.17) is 4.74 Å². The van der Waals surface area contributed by atoms with Gasteiger partial charge in [-0.2, -0.15) is 11.3 Å². The van der Waals surface area contributed by atoms with Crippen LogP contribution in [0.1, 0.15) is 15.9 Å². The summed E-state index contributed by atoms with van der Waals surface area (Å²) in [6.07, 6.45) is 0. The maximum Gasteiger partial charge on any atom is 0.299 e. The van der Waals surface area contributed by atoms with Crippen LogP contribution in [0.2, 0.25) is 0 Å². The lowest BCUT2D eigenvalue weighted by molar-refractivity contribution is -0.114. The number of rotatable bonds is 3. The fourth-order valence-electron chi connectivity index (χ4n) is 2.12. The topological polar surface area (TPSA) is 46.6 Å². The molecule has 0 N–H and O–H groups in total. The second kappa shape index (κ2) is 4.51. The summed E-state index contributed by atoms with van der Waals surface area (Å²) in [4.78, 5) is 25.4. The van der Waals surface area contributed by atoms with Crippen molar-refractivity contribution >= 4 is 28.7 Å². The minimum absolute atomic E-state index is 0.411. The van der Waals surface area contributed by atoms with Crippen LogP contribution in [0.4, 0.5) is 5.69 Å². The third kappa shape index (κ3) is 1.92. The van der Waals surface area contributed by atoms with Crippen LogP contribution in [-0.4, -0.2) is 18.8 Å². The van der Waals surface area contributed by atoms with Crippen molar-refractivity contribution in [1.82, 2.24) is 0 Å². The van der Waals surface area contributed by atoms with Crippen LogP contribution < -0.4 is 9.64 Å². The van der Waals surface area contributed by atoms with Gasteiger partial charge >= 0.3 is 0 Å². The highest BCUT2D eigenvalue weighted by Crippen LogP contribution is 2.33. The molecule has 1 aromatic heterocycles. The molecule has 1 aliphatic rings. The number of anilines is 1. The number of ketones is 1. The Labute approximate surface area is 114 Å². The predicted octanol–water partition coefficient (Wildman–Crippen LogP) is 2.49. The minimum Gasteiger partial charge on any atom is -0.497 e. The lowest BCUT2D eigenvalue weighted by Crippen LogP contribution is -2.28. The molecule has 1 aliphatic heterocycles. The first-order valence-corrected chi connectivity index (χ1v) is 6.70. The Kier molecular flexibility index (Phi) is 2.83. The molecule has 0 atom stereocenters. The van der Waals surface area contributed by atoms with E-state index in [1.807, 2.05) is 16.8 Å². The third-order valence-electron chi connectivity index (χ3n) is 3.10. The molecule has 1 amide bonds. The van der Waals surface area contributed by atoms with Gasteiger partial charge in [-0.25, -0.2) is 0 Å². The molecule has 0 spiro atoms. The van der Waals surface area contributed by atoms with Gasteiger partial charge in [0.05, 0.1) is 24.9 Å². The number of amides is 1. The van der Waals surface area contributed by atoms with Gasteiger partial charge < -0.3 is 9.64 Å². The average Bonchev–Trinajstić information content (AvgIpc) is 3.02. The molecular weight excluding hydrogens is 262 g/mol. The highest BCUT2D eigenvalue weighted by Gasteiger charge is 2.36. The number of carbonyl (C=O) groups is 2. The summed E-state index contributed by atoms with van der Waals surface area (Å²) in [7, 11) is 1.56. The number of Topliss-reactive ketones (excluding diaryl/α,β-unsaturated/α-hetero) is 1. The van der Waals surface area contributed by atoms with Crippen LogP contribution in [0.3, 0.4) is 0 Å². The van der Waals surface area contributed by atoms with Crippen LogP contribution in [0.25, 0.3) is 0 Å². The van der Waals surface area contributed by atoms with E-state index in [-0.39, 0.29) is 0 Å². The van der Waals surface area contributed by atoms with Gasteiger partial charge in [0.2, 0.25) is 0 Å². The molecule has 0 aliphatic carbocycles. The number of benzene rings is 1. The predicted molar refractivity (Wildman–Crippen MR) is 72.8 cm³/mol. The largest absolute Gasteiger partial charge is 0.497 e. The zero-order valence-electron chi connectivity index (χ0n) is 10.3. The number of thiophene rings is 1. The van der Waals surface area contributed by atoms with E-state index >= 15 is 0 Å². The number of methoxy groups -OCH3 is 1. The molecule has 19 heavy (non-hydrogen) atoms. The normalized spacial score (nSPS) is 13.8. The van der Waals surface area contributed by atoms with E-state index in [1.165, 1.54) is 4.90 Å². The van der Waals surface area contributed by atoms with E-state index < -0.39 is 11.7 Å². The monoisotopic (exact) mass is 273 g/mol. The highest BCUT2D eigenvalue weighted by molar-refractivity contribution is 7.07. The number of fused-ring (bicyclic) bond motifs is 1.